The van der Waals surface area contributed by atoms with Gasteiger partial charge in [0, 0.05) is 66.8 Å². The highest BCUT2D eigenvalue weighted by Crippen LogP contribution is 2.35. The lowest BCUT2D eigenvalue weighted by Crippen LogP contribution is -2.31. The number of aromatic nitrogens is 3. The molecular weight excluding hydrogens is 543 g/mol. The van der Waals surface area contributed by atoms with Crippen molar-refractivity contribution < 1.29 is 18.0 Å². The second-order valence-electron chi connectivity index (χ2n) is 10.6. The van der Waals surface area contributed by atoms with Crippen molar-refractivity contribution in [3.05, 3.63) is 95.4 Å². The molecule has 1 saturated heterocycles. The first-order valence-corrected chi connectivity index (χ1v) is 13.6. The summed E-state index contributed by atoms with van der Waals surface area (Å²) in [5.74, 6) is -0.199. The topological polar surface area (TPSA) is 86.3 Å². The van der Waals surface area contributed by atoms with Gasteiger partial charge in [-0.25, -0.2) is 9.97 Å². The molecule has 1 aliphatic heterocycles. The first-order chi connectivity index (χ1) is 20.1. The van der Waals surface area contributed by atoms with E-state index in [1.54, 1.807) is 42.9 Å². The van der Waals surface area contributed by atoms with Gasteiger partial charge in [0.05, 0.1) is 11.3 Å². The maximum absolute atomic E-state index is 14.0. The number of amides is 1. The molecule has 0 radical (unpaired) electrons. The number of pyridine rings is 1. The largest absolute Gasteiger partial charge is 0.416 e. The number of hydrogen-bond acceptors (Lipinski definition) is 7. The monoisotopic (exact) mass is 575 g/mol. The van der Waals surface area contributed by atoms with E-state index in [9.17, 15) is 18.0 Å². The molecule has 8 nitrogen and oxygen atoms in total. The van der Waals surface area contributed by atoms with Crippen LogP contribution < -0.4 is 10.6 Å². The van der Waals surface area contributed by atoms with Crippen molar-refractivity contribution in [2.75, 3.05) is 37.8 Å². The number of rotatable bonds is 8. The second kappa shape index (κ2) is 12.3. The Kier molecular flexibility index (Phi) is 8.51. The van der Waals surface area contributed by atoms with E-state index in [-0.39, 0.29) is 23.4 Å². The third-order valence-corrected chi connectivity index (χ3v) is 7.40. The summed E-state index contributed by atoms with van der Waals surface area (Å²) >= 11 is 0. The highest BCUT2D eigenvalue weighted by Gasteiger charge is 2.35. The summed E-state index contributed by atoms with van der Waals surface area (Å²) in [6.45, 7) is 3.52. The summed E-state index contributed by atoms with van der Waals surface area (Å²) in [7, 11) is 3.96. The van der Waals surface area contributed by atoms with Crippen molar-refractivity contribution in [2.45, 2.75) is 32.1 Å². The molecule has 3 heterocycles. The van der Waals surface area contributed by atoms with Gasteiger partial charge in [-0.1, -0.05) is 12.1 Å². The number of aryl methyl sites for hydroxylation is 1. The van der Waals surface area contributed by atoms with Gasteiger partial charge in [-0.3, -0.25) is 14.7 Å². The molecule has 1 aliphatic rings. The van der Waals surface area contributed by atoms with Crippen LogP contribution in [0.4, 0.5) is 30.5 Å². The minimum Gasteiger partial charge on any atom is -0.324 e. The first-order valence-electron chi connectivity index (χ1n) is 13.6. The maximum Gasteiger partial charge on any atom is 0.416 e. The van der Waals surface area contributed by atoms with E-state index < -0.39 is 17.6 Å². The molecule has 0 unspecified atom stereocenters. The van der Waals surface area contributed by atoms with Crippen LogP contribution in [0.2, 0.25) is 0 Å². The Hall–Kier alpha value is -4.35. The predicted molar refractivity (Wildman–Crippen MR) is 156 cm³/mol. The third kappa shape index (κ3) is 6.92. The molecular formula is C31H32F3N7O. The summed E-state index contributed by atoms with van der Waals surface area (Å²) in [6, 6.07) is 14.8. The first kappa shape index (κ1) is 29.2. The fraction of sp³-hybridized carbons (Fsp3) is 0.290. The van der Waals surface area contributed by atoms with Crippen LogP contribution in [0.1, 0.15) is 33.5 Å². The summed E-state index contributed by atoms with van der Waals surface area (Å²) in [6.07, 6.45) is 1.36. The molecule has 42 heavy (non-hydrogen) atoms. The Bertz CT molecular complexity index is 1560. The lowest BCUT2D eigenvalue weighted by atomic mass is 10.0. The number of nitrogens with zero attached hydrogens (tertiary/aromatic N) is 5. The van der Waals surface area contributed by atoms with E-state index in [1.165, 1.54) is 12.1 Å². The minimum atomic E-state index is -4.55. The molecule has 218 valence electrons. The van der Waals surface area contributed by atoms with Gasteiger partial charge in [0.2, 0.25) is 5.95 Å². The molecule has 11 heteroatoms. The molecule has 1 atom stereocenters. The molecule has 1 fully saturated rings. The van der Waals surface area contributed by atoms with Gasteiger partial charge in [-0.15, -0.1) is 0 Å². The number of likely N-dealkylation sites (N-methyl/N-ethyl adjacent to an activating group) is 1. The highest BCUT2D eigenvalue weighted by molar-refractivity contribution is 6.05. The number of likely N-dealkylation sites (tertiary alicyclic amines) is 1. The predicted octanol–water partition coefficient (Wildman–Crippen LogP) is 6.00. The van der Waals surface area contributed by atoms with E-state index in [4.69, 9.17) is 0 Å². The smallest absolute Gasteiger partial charge is 0.324 e. The van der Waals surface area contributed by atoms with Crippen LogP contribution in [0.3, 0.4) is 0 Å². The van der Waals surface area contributed by atoms with Gasteiger partial charge >= 0.3 is 6.18 Å². The van der Waals surface area contributed by atoms with Gasteiger partial charge in [0.25, 0.3) is 5.91 Å². The molecule has 1 amide bonds. The number of anilines is 3. The fourth-order valence-electron chi connectivity index (χ4n) is 4.99. The number of halogens is 3. The molecule has 0 bridgehead atoms. The standard InChI is InChI=1S/C31H32F3N7O/c1-20-6-7-21(15-28(20)39-30-36-13-10-27(38-30)22-5-4-12-35-17-22)29(42)37-24-9-8-23(26(16-24)31(32,33)34)18-41-14-11-25(19-41)40(2)3/h4-10,12-13,15-17,25H,11,14,18-19H2,1-3H3,(H,37,42)(H,36,38,39)/t25-/m0/s1. The van der Waals surface area contributed by atoms with Crippen molar-refractivity contribution in [3.8, 4) is 11.3 Å². The van der Waals surface area contributed by atoms with Crippen molar-refractivity contribution in [1.82, 2.24) is 24.8 Å². The SMILES string of the molecule is Cc1ccc(C(=O)Nc2ccc(CN3CC[C@H](N(C)C)C3)c(C(F)(F)F)c2)cc1Nc1nccc(-c2cccnc2)n1. The number of alkyl halides is 3. The van der Waals surface area contributed by atoms with Gasteiger partial charge < -0.3 is 15.5 Å². The van der Waals surface area contributed by atoms with Crippen molar-refractivity contribution in [3.63, 3.8) is 0 Å². The van der Waals surface area contributed by atoms with Crippen LogP contribution in [0, 0.1) is 6.92 Å². The Balaban J connectivity index is 1.32. The summed E-state index contributed by atoms with van der Waals surface area (Å²) in [4.78, 5) is 30.2. The molecule has 5 rings (SSSR count). The second-order valence-corrected chi connectivity index (χ2v) is 10.6. The zero-order valence-electron chi connectivity index (χ0n) is 23.6. The lowest BCUT2D eigenvalue weighted by Gasteiger charge is -2.22. The average Bonchev–Trinajstić information content (AvgIpc) is 3.44. The van der Waals surface area contributed by atoms with E-state index in [1.807, 2.05) is 38.1 Å². The Morgan fingerprint density at radius 2 is 1.93 bits per heavy atom. The van der Waals surface area contributed by atoms with Crippen LogP contribution in [0.15, 0.2) is 73.2 Å². The van der Waals surface area contributed by atoms with Gasteiger partial charge in [-0.05, 0) is 81.0 Å². The number of carbonyl (C=O) groups is 1. The zero-order chi connectivity index (χ0) is 29.9. The summed E-state index contributed by atoms with van der Waals surface area (Å²) in [5, 5.41) is 5.77. The molecule has 2 aromatic carbocycles. The van der Waals surface area contributed by atoms with E-state index in [0.29, 0.717) is 29.9 Å². The van der Waals surface area contributed by atoms with Gasteiger partial charge in [0.15, 0.2) is 0 Å². The van der Waals surface area contributed by atoms with Crippen LogP contribution in [-0.2, 0) is 12.7 Å². The Labute approximate surface area is 242 Å². The van der Waals surface area contributed by atoms with E-state index in [2.05, 4.69) is 30.5 Å². The number of carbonyl (C=O) groups excluding carboxylic acids is 1. The van der Waals surface area contributed by atoms with Crippen molar-refractivity contribution >= 4 is 23.2 Å². The number of hydrogen-bond donors (Lipinski definition) is 2. The van der Waals surface area contributed by atoms with Crippen LogP contribution >= 0.6 is 0 Å². The molecule has 4 aromatic rings. The quantitative estimate of drug-likeness (QED) is 0.267. The van der Waals surface area contributed by atoms with Gasteiger partial charge in [0.1, 0.15) is 0 Å². The molecule has 0 aliphatic carbocycles. The molecule has 0 saturated carbocycles. The van der Waals surface area contributed by atoms with E-state index in [0.717, 1.165) is 30.2 Å². The third-order valence-electron chi connectivity index (χ3n) is 7.40. The fourth-order valence-corrected chi connectivity index (χ4v) is 4.99. The maximum atomic E-state index is 14.0. The van der Waals surface area contributed by atoms with Crippen LogP contribution in [-0.4, -0.2) is 63.9 Å². The van der Waals surface area contributed by atoms with Crippen LogP contribution in [0.25, 0.3) is 11.3 Å². The normalized spacial score (nSPS) is 15.6. The molecule has 2 N–H and O–H groups in total. The summed E-state index contributed by atoms with van der Waals surface area (Å²) < 4.78 is 42.1. The van der Waals surface area contributed by atoms with Crippen LogP contribution in [0.5, 0.6) is 0 Å². The lowest BCUT2D eigenvalue weighted by molar-refractivity contribution is -0.138. The zero-order valence-corrected chi connectivity index (χ0v) is 23.6. The highest BCUT2D eigenvalue weighted by atomic mass is 19.4. The number of nitrogens with one attached hydrogen (secondary N) is 2. The van der Waals surface area contributed by atoms with Crippen molar-refractivity contribution in [2.24, 2.45) is 0 Å². The summed E-state index contributed by atoms with van der Waals surface area (Å²) in [5.41, 5.74) is 2.74. The Morgan fingerprint density at radius 1 is 1.10 bits per heavy atom. The van der Waals surface area contributed by atoms with E-state index >= 15 is 0 Å². The van der Waals surface area contributed by atoms with Crippen molar-refractivity contribution in [1.29, 1.82) is 0 Å². The Morgan fingerprint density at radius 3 is 2.64 bits per heavy atom. The minimum absolute atomic E-state index is 0.0752. The number of benzene rings is 2. The average molecular weight is 576 g/mol. The molecule has 2 aromatic heterocycles. The van der Waals surface area contributed by atoms with Gasteiger partial charge in [-0.2, -0.15) is 13.2 Å². The molecule has 0 spiro atoms.